The second kappa shape index (κ2) is 6.14. The van der Waals surface area contributed by atoms with Crippen molar-refractivity contribution in [2.45, 2.75) is 26.8 Å². The fourth-order valence-electron chi connectivity index (χ4n) is 2.26. The Bertz CT molecular complexity index is 669. The molecule has 21 heavy (non-hydrogen) atoms. The summed E-state index contributed by atoms with van der Waals surface area (Å²) >= 11 is 5.88. The molecule has 2 aromatic carbocycles. The molecular weight excluding hydrogens is 288 g/mol. The van der Waals surface area contributed by atoms with E-state index in [2.05, 4.69) is 5.32 Å². The monoisotopic (exact) mass is 304 g/mol. The van der Waals surface area contributed by atoms with E-state index < -0.39 is 0 Å². The highest BCUT2D eigenvalue weighted by Gasteiger charge is 2.15. The van der Waals surface area contributed by atoms with Crippen LogP contribution in [0.25, 0.3) is 0 Å². The van der Waals surface area contributed by atoms with Crippen LogP contribution in [0.1, 0.15) is 29.7 Å². The largest absolute Gasteiger partial charge is 0.378 e. The molecule has 0 amide bonds. The number of hydrogen-bond donors (Lipinski definition) is 1. The quantitative estimate of drug-likeness (QED) is 0.636. The molecular formula is C16H17ClN2O2. The first-order valence-electron chi connectivity index (χ1n) is 6.66. The van der Waals surface area contributed by atoms with Gasteiger partial charge in [-0.15, -0.1) is 0 Å². The Hall–Kier alpha value is -2.07. The lowest BCUT2D eigenvalue weighted by atomic mass is 10.1. The van der Waals surface area contributed by atoms with Gasteiger partial charge >= 0.3 is 0 Å². The van der Waals surface area contributed by atoms with E-state index in [-0.39, 0.29) is 16.7 Å². The van der Waals surface area contributed by atoms with Gasteiger partial charge in [0, 0.05) is 28.4 Å². The molecule has 0 spiro atoms. The van der Waals surface area contributed by atoms with E-state index in [4.69, 9.17) is 11.6 Å². The Morgan fingerprint density at radius 2 is 1.76 bits per heavy atom. The molecule has 0 aliphatic heterocycles. The Labute approximate surface area is 128 Å². The van der Waals surface area contributed by atoms with Gasteiger partial charge in [-0.1, -0.05) is 23.7 Å². The third-order valence-electron chi connectivity index (χ3n) is 3.48. The van der Waals surface area contributed by atoms with Gasteiger partial charge in [0.15, 0.2) is 0 Å². The molecule has 0 aliphatic carbocycles. The molecule has 0 heterocycles. The van der Waals surface area contributed by atoms with Crippen LogP contribution in [0.15, 0.2) is 36.4 Å². The predicted molar refractivity (Wildman–Crippen MR) is 86.1 cm³/mol. The van der Waals surface area contributed by atoms with E-state index in [1.807, 2.05) is 44.2 Å². The molecule has 0 bridgehead atoms. The summed E-state index contributed by atoms with van der Waals surface area (Å²) in [6, 6.07) is 11.0. The second-order valence-electron chi connectivity index (χ2n) is 5.13. The van der Waals surface area contributed by atoms with E-state index in [1.165, 1.54) is 0 Å². The van der Waals surface area contributed by atoms with Crippen LogP contribution in [0, 0.1) is 24.0 Å². The summed E-state index contributed by atoms with van der Waals surface area (Å²) in [7, 11) is 0. The Morgan fingerprint density at radius 3 is 2.33 bits per heavy atom. The molecule has 5 heteroatoms. The van der Waals surface area contributed by atoms with Crippen molar-refractivity contribution in [1.82, 2.24) is 0 Å². The zero-order chi connectivity index (χ0) is 15.6. The molecule has 4 nitrogen and oxygen atoms in total. The van der Waals surface area contributed by atoms with Crippen LogP contribution < -0.4 is 5.32 Å². The zero-order valence-electron chi connectivity index (χ0n) is 12.2. The molecule has 2 rings (SSSR count). The smallest absolute Gasteiger partial charge is 0.274 e. The second-order valence-corrected chi connectivity index (χ2v) is 5.56. The number of nitro groups is 1. The summed E-state index contributed by atoms with van der Waals surface area (Å²) in [4.78, 5) is 10.7. The lowest BCUT2D eigenvalue weighted by Crippen LogP contribution is -2.08. The Morgan fingerprint density at radius 1 is 1.14 bits per heavy atom. The van der Waals surface area contributed by atoms with E-state index in [9.17, 15) is 10.1 Å². The molecule has 0 aromatic heterocycles. The van der Waals surface area contributed by atoms with Crippen molar-refractivity contribution in [3.8, 4) is 0 Å². The number of nitrogens with one attached hydrogen (secondary N) is 1. The molecule has 0 radical (unpaired) electrons. The molecule has 1 atom stereocenters. The summed E-state index contributed by atoms with van der Waals surface area (Å²) in [6.07, 6.45) is 0. The summed E-state index contributed by atoms with van der Waals surface area (Å²) in [6.45, 7) is 5.69. The van der Waals surface area contributed by atoms with Gasteiger partial charge in [0.25, 0.3) is 5.69 Å². The zero-order valence-corrected chi connectivity index (χ0v) is 12.9. The molecule has 1 N–H and O–H groups in total. The highest BCUT2D eigenvalue weighted by molar-refractivity contribution is 6.30. The number of hydrogen-bond acceptors (Lipinski definition) is 3. The van der Waals surface area contributed by atoms with Gasteiger partial charge in [-0.05, 0) is 50.1 Å². The van der Waals surface area contributed by atoms with Crippen molar-refractivity contribution < 1.29 is 4.92 Å². The highest BCUT2D eigenvalue weighted by atomic mass is 35.5. The van der Waals surface area contributed by atoms with Gasteiger partial charge in [0.1, 0.15) is 0 Å². The Kier molecular flexibility index (Phi) is 4.48. The first kappa shape index (κ1) is 15.3. The maximum Gasteiger partial charge on any atom is 0.274 e. The van der Waals surface area contributed by atoms with E-state index >= 15 is 0 Å². The van der Waals surface area contributed by atoms with Crippen LogP contribution in [0.4, 0.5) is 11.4 Å². The van der Waals surface area contributed by atoms with Crippen molar-refractivity contribution in [3.63, 3.8) is 0 Å². The van der Waals surface area contributed by atoms with Crippen molar-refractivity contribution in [3.05, 3.63) is 68.2 Å². The van der Waals surface area contributed by atoms with Crippen LogP contribution in [-0.2, 0) is 0 Å². The molecule has 1 unspecified atom stereocenters. The third-order valence-corrected chi connectivity index (χ3v) is 3.73. The normalized spacial score (nSPS) is 12.0. The van der Waals surface area contributed by atoms with Gasteiger partial charge in [-0.2, -0.15) is 0 Å². The van der Waals surface area contributed by atoms with Crippen molar-refractivity contribution in [2.24, 2.45) is 0 Å². The molecule has 0 saturated carbocycles. The fraction of sp³-hybridized carbons (Fsp3) is 0.250. The minimum absolute atomic E-state index is 0.0308. The predicted octanol–water partition coefficient (Wildman–Crippen LogP) is 5.04. The number of benzene rings is 2. The molecule has 0 aliphatic rings. The number of anilines is 1. The standard InChI is InChI=1S/C16H17ClN2O2/c1-10-8-11(2)16(19(20)21)9-15(10)18-12(3)13-4-6-14(17)7-5-13/h4-9,12,18H,1-3H3. The maximum atomic E-state index is 11.0. The van der Waals surface area contributed by atoms with Crippen molar-refractivity contribution in [1.29, 1.82) is 0 Å². The molecule has 110 valence electrons. The fourth-order valence-corrected chi connectivity index (χ4v) is 2.39. The lowest BCUT2D eigenvalue weighted by molar-refractivity contribution is -0.385. The summed E-state index contributed by atoms with van der Waals surface area (Å²) in [5.74, 6) is 0. The van der Waals surface area contributed by atoms with Crippen LogP contribution in [0.3, 0.4) is 0 Å². The van der Waals surface area contributed by atoms with Gasteiger partial charge in [0.2, 0.25) is 0 Å². The number of aryl methyl sites for hydroxylation is 2. The van der Waals surface area contributed by atoms with Crippen molar-refractivity contribution in [2.75, 3.05) is 5.32 Å². The topological polar surface area (TPSA) is 55.2 Å². The summed E-state index contributed by atoms with van der Waals surface area (Å²) in [5, 5.41) is 15.1. The third kappa shape index (κ3) is 3.52. The maximum absolute atomic E-state index is 11.0. The average molecular weight is 305 g/mol. The van der Waals surface area contributed by atoms with Crippen molar-refractivity contribution >= 4 is 23.0 Å². The summed E-state index contributed by atoms with van der Waals surface area (Å²) < 4.78 is 0. The van der Waals surface area contributed by atoms with E-state index in [0.29, 0.717) is 10.6 Å². The number of nitro benzene ring substituents is 1. The van der Waals surface area contributed by atoms with E-state index in [1.54, 1.807) is 13.0 Å². The SMILES string of the molecule is Cc1cc(C)c([N+](=O)[O-])cc1NC(C)c1ccc(Cl)cc1. The average Bonchev–Trinajstić information content (AvgIpc) is 2.42. The van der Waals surface area contributed by atoms with Gasteiger partial charge in [-0.25, -0.2) is 0 Å². The number of rotatable bonds is 4. The van der Waals surface area contributed by atoms with Crippen LogP contribution >= 0.6 is 11.6 Å². The van der Waals surface area contributed by atoms with Gasteiger partial charge in [0.05, 0.1) is 4.92 Å². The van der Waals surface area contributed by atoms with E-state index in [0.717, 1.165) is 16.8 Å². The minimum Gasteiger partial charge on any atom is -0.378 e. The van der Waals surface area contributed by atoms with Gasteiger partial charge < -0.3 is 5.32 Å². The lowest BCUT2D eigenvalue weighted by Gasteiger charge is -2.18. The minimum atomic E-state index is -0.354. The first-order valence-corrected chi connectivity index (χ1v) is 7.04. The molecule has 2 aromatic rings. The van der Waals surface area contributed by atoms with Crippen LogP contribution in [-0.4, -0.2) is 4.92 Å². The van der Waals surface area contributed by atoms with Crippen LogP contribution in [0.5, 0.6) is 0 Å². The Balaban J connectivity index is 2.28. The highest BCUT2D eigenvalue weighted by Crippen LogP contribution is 2.29. The van der Waals surface area contributed by atoms with Crippen LogP contribution in [0.2, 0.25) is 5.02 Å². The first-order chi connectivity index (χ1) is 9.88. The van der Waals surface area contributed by atoms with Gasteiger partial charge in [-0.3, -0.25) is 10.1 Å². The number of halogens is 1. The molecule has 0 saturated heterocycles. The number of nitrogens with zero attached hydrogens (tertiary/aromatic N) is 1. The summed E-state index contributed by atoms with van der Waals surface area (Å²) in [5.41, 5.74) is 3.63. The molecule has 0 fully saturated rings.